The fourth-order valence-electron chi connectivity index (χ4n) is 4.85. The maximum absolute atomic E-state index is 13.3. The first kappa shape index (κ1) is 19.6. The van der Waals surface area contributed by atoms with E-state index in [9.17, 15) is 4.79 Å². The number of hydrogen-bond donors (Lipinski definition) is 1. The van der Waals surface area contributed by atoms with Gasteiger partial charge in [-0.15, -0.1) is 0 Å². The number of fused-ring (bicyclic) bond motifs is 1. The Balaban J connectivity index is 1.58. The average molecular weight is 433 g/mol. The number of anilines is 3. The molecule has 2 aromatic carbocycles. The molecule has 0 amide bonds. The van der Waals surface area contributed by atoms with Crippen LogP contribution < -0.4 is 15.6 Å². The van der Waals surface area contributed by atoms with Crippen molar-refractivity contribution in [2.24, 2.45) is 0 Å². The second kappa shape index (κ2) is 8.10. The van der Waals surface area contributed by atoms with Crippen LogP contribution in [-0.4, -0.2) is 22.6 Å². The number of para-hydroxylation sites is 2. The van der Waals surface area contributed by atoms with Crippen molar-refractivity contribution in [1.29, 1.82) is 0 Å². The first-order chi connectivity index (χ1) is 16.3. The highest BCUT2D eigenvalue weighted by Crippen LogP contribution is 2.35. The van der Waals surface area contributed by atoms with Gasteiger partial charge in [0, 0.05) is 36.7 Å². The number of benzene rings is 2. The number of rotatable bonds is 4. The van der Waals surface area contributed by atoms with Gasteiger partial charge in [0.1, 0.15) is 5.82 Å². The number of aromatic nitrogens is 2. The number of pyridine rings is 2. The fraction of sp³-hybridized carbons (Fsp3) is 0.143. The smallest absolute Gasteiger partial charge is 0.193 e. The Bertz CT molecular complexity index is 1450. The summed E-state index contributed by atoms with van der Waals surface area (Å²) in [6.45, 7) is 1.71. The predicted molar refractivity (Wildman–Crippen MR) is 135 cm³/mol. The fourth-order valence-corrected chi connectivity index (χ4v) is 4.85. The molecular weight excluding hydrogens is 408 g/mol. The second-order valence-corrected chi connectivity index (χ2v) is 8.54. The van der Waals surface area contributed by atoms with Gasteiger partial charge in [-0.25, -0.2) is 0 Å². The maximum atomic E-state index is 13.3. The highest BCUT2D eigenvalue weighted by Gasteiger charge is 2.25. The molecule has 0 atom stereocenters. The monoisotopic (exact) mass is 432 g/mol. The van der Waals surface area contributed by atoms with Crippen LogP contribution in [0.25, 0.3) is 16.6 Å². The zero-order chi connectivity index (χ0) is 22.2. The Kier molecular flexibility index (Phi) is 4.80. The average Bonchev–Trinajstić information content (AvgIpc) is 3.29. The molecule has 2 aliphatic rings. The minimum absolute atomic E-state index is 0.0400. The first-order valence-corrected chi connectivity index (χ1v) is 11.3. The van der Waals surface area contributed by atoms with Crippen LogP contribution in [0.3, 0.4) is 0 Å². The molecule has 4 aromatic rings. The van der Waals surface area contributed by atoms with Crippen LogP contribution in [0.4, 0.5) is 17.2 Å². The van der Waals surface area contributed by atoms with E-state index in [1.807, 2.05) is 54.7 Å². The molecule has 162 valence electrons. The minimum Gasteiger partial charge on any atom is -0.360 e. The molecule has 0 saturated heterocycles. The van der Waals surface area contributed by atoms with E-state index in [4.69, 9.17) is 0 Å². The Morgan fingerprint density at radius 3 is 2.48 bits per heavy atom. The van der Waals surface area contributed by atoms with Gasteiger partial charge < -0.3 is 10.2 Å². The molecule has 3 heterocycles. The van der Waals surface area contributed by atoms with Crippen molar-refractivity contribution >= 4 is 28.1 Å². The van der Waals surface area contributed by atoms with Crippen LogP contribution in [0.2, 0.25) is 0 Å². The van der Waals surface area contributed by atoms with Crippen molar-refractivity contribution in [2.45, 2.75) is 12.8 Å². The molecule has 0 fully saturated rings. The van der Waals surface area contributed by atoms with Crippen LogP contribution >= 0.6 is 0 Å². The molecule has 2 aromatic heterocycles. The number of nitrogens with zero attached hydrogens (tertiary/aromatic N) is 3. The van der Waals surface area contributed by atoms with Crippen molar-refractivity contribution in [3.63, 3.8) is 0 Å². The van der Waals surface area contributed by atoms with E-state index in [1.54, 1.807) is 12.3 Å². The van der Waals surface area contributed by atoms with Crippen molar-refractivity contribution in [2.75, 3.05) is 23.3 Å². The van der Waals surface area contributed by atoms with Crippen molar-refractivity contribution in [1.82, 2.24) is 9.55 Å². The Morgan fingerprint density at radius 2 is 1.70 bits per heavy atom. The van der Waals surface area contributed by atoms with Gasteiger partial charge in [-0.3, -0.25) is 14.3 Å². The Hall–Kier alpha value is -4.12. The largest absolute Gasteiger partial charge is 0.360 e. The van der Waals surface area contributed by atoms with E-state index < -0.39 is 0 Å². The van der Waals surface area contributed by atoms with Crippen molar-refractivity contribution < 1.29 is 0 Å². The summed E-state index contributed by atoms with van der Waals surface area (Å²) >= 11 is 0. The van der Waals surface area contributed by atoms with Gasteiger partial charge in [-0.05, 0) is 48.3 Å². The number of hydrogen-bond acceptors (Lipinski definition) is 4. The lowest BCUT2D eigenvalue weighted by Gasteiger charge is -2.25. The summed E-state index contributed by atoms with van der Waals surface area (Å²) in [4.78, 5) is 20.1. The lowest BCUT2D eigenvalue weighted by molar-refractivity contribution is 0.909. The third-order valence-electron chi connectivity index (χ3n) is 6.43. The highest BCUT2D eigenvalue weighted by atomic mass is 16.1. The predicted octanol–water partition coefficient (Wildman–Crippen LogP) is 5.60. The molecule has 0 radical (unpaired) electrons. The van der Waals surface area contributed by atoms with Gasteiger partial charge in [0.2, 0.25) is 0 Å². The molecule has 0 spiro atoms. The SMILES string of the molecule is O=c1cc(Nc2ccccc2)n(-c2ccccc2)c2c(N3CC4=C(CCC=C4)C3)cncc12. The molecular formula is C28H24N4O. The topological polar surface area (TPSA) is 50.2 Å². The third-order valence-corrected chi connectivity index (χ3v) is 6.43. The van der Waals surface area contributed by atoms with Crippen LogP contribution in [0.1, 0.15) is 12.8 Å². The van der Waals surface area contributed by atoms with Crippen LogP contribution in [-0.2, 0) is 0 Å². The molecule has 0 saturated carbocycles. The van der Waals surface area contributed by atoms with Crippen molar-refractivity contribution in [3.05, 3.63) is 113 Å². The molecule has 5 nitrogen and oxygen atoms in total. The molecule has 1 aliphatic carbocycles. The van der Waals surface area contributed by atoms with E-state index in [2.05, 4.69) is 44.1 Å². The highest BCUT2D eigenvalue weighted by molar-refractivity contribution is 5.94. The van der Waals surface area contributed by atoms with Crippen LogP contribution in [0.15, 0.2) is 107 Å². The van der Waals surface area contributed by atoms with Crippen molar-refractivity contribution in [3.8, 4) is 5.69 Å². The van der Waals surface area contributed by atoms with Gasteiger partial charge in [0.25, 0.3) is 0 Å². The minimum atomic E-state index is -0.0400. The molecule has 5 heteroatoms. The molecule has 1 N–H and O–H groups in total. The summed E-state index contributed by atoms with van der Waals surface area (Å²) in [6, 6.07) is 21.8. The third kappa shape index (κ3) is 3.52. The number of nitrogens with one attached hydrogen (secondary N) is 1. The van der Waals surface area contributed by atoms with Gasteiger partial charge >= 0.3 is 0 Å². The van der Waals surface area contributed by atoms with Gasteiger partial charge in [0.15, 0.2) is 5.43 Å². The van der Waals surface area contributed by atoms with Crippen LogP contribution in [0, 0.1) is 0 Å². The van der Waals surface area contributed by atoms with E-state index in [1.165, 1.54) is 11.1 Å². The lowest BCUT2D eigenvalue weighted by Crippen LogP contribution is -2.23. The zero-order valence-electron chi connectivity index (χ0n) is 18.2. The Labute approximate surface area is 192 Å². The van der Waals surface area contributed by atoms with Gasteiger partial charge in [0.05, 0.1) is 22.8 Å². The van der Waals surface area contributed by atoms with Gasteiger partial charge in [-0.2, -0.15) is 0 Å². The molecule has 33 heavy (non-hydrogen) atoms. The van der Waals surface area contributed by atoms with E-state index in [-0.39, 0.29) is 5.43 Å². The van der Waals surface area contributed by atoms with E-state index in [0.29, 0.717) is 5.39 Å². The summed E-state index contributed by atoms with van der Waals surface area (Å²) < 4.78 is 2.15. The summed E-state index contributed by atoms with van der Waals surface area (Å²) in [5.74, 6) is 0.731. The summed E-state index contributed by atoms with van der Waals surface area (Å²) in [7, 11) is 0. The Morgan fingerprint density at radius 1 is 0.909 bits per heavy atom. The standard InChI is InChI=1S/C28H24N4O/c33-26-15-27(30-22-11-3-1-4-12-22)32(23-13-5-2-6-14-23)28-24(26)16-29-17-25(28)31-18-20-9-7-8-10-21(20)19-31/h1-7,9,11-17,30H,8,10,18-19H2. The summed E-state index contributed by atoms with van der Waals surface area (Å²) in [5, 5.41) is 4.09. The molecule has 1 aliphatic heterocycles. The van der Waals surface area contributed by atoms with Gasteiger partial charge in [-0.1, -0.05) is 48.6 Å². The van der Waals surface area contributed by atoms with E-state index >= 15 is 0 Å². The van der Waals surface area contributed by atoms with Crippen LogP contribution in [0.5, 0.6) is 0 Å². The maximum Gasteiger partial charge on any atom is 0.193 e. The normalized spacial score (nSPS) is 15.2. The quantitative estimate of drug-likeness (QED) is 0.456. The second-order valence-electron chi connectivity index (χ2n) is 8.54. The lowest BCUT2D eigenvalue weighted by atomic mass is 10.0. The summed E-state index contributed by atoms with van der Waals surface area (Å²) in [5.41, 5.74) is 6.62. The summed E-state index contributed by atoms with van der Waals surface area (Å²) in [6.07, 6.45) is 10.3. The molecule has 0 bridgehead atoms. The molecule has 6 rings (SSSR count). The molecule has 0 unspecified atom stereocenters. The first-order valence-electron chi connectivity index (χ1n) is 11.3. The van der Waals surface area contributed by atoms with E-state index in [0.717, 1.165) is 54.3 Å². The number of allylic oxidation sites excluding steroid dienone is 1. The zero-order valence-corrected chi connectivity index (χ0v) is 18.2.